The molecule has 0 aliphatic carbocycles. The van der Waals surface area contributed by atoms with Gasteiger partial charge in [-0.15, -0.1) is 0 Å². The van der Waals surface area contributed by atoms with Crippen molar-refractivity contribution in [3.63, 3.8) is 0 Å². The number of hydrogen-bond acceptors (Lipinski definition) is 15. The zero-order valence-electron chi connectivity index (χ0n) is 57.0. The van der Waals surface area contributed by atoms with Gasteiger partial charge in [-0.05, 0) is 37.5 Å². The molecule has 0 rings (SSSR count). The van der Waals surface area contributed by atoms with E-state index in [0.717, 1.165) is 108 Å². The van der Waals surface area contributed by atoms with Gasteiger partial charge in [-0.25, -0.2) is 9.13 Å². The molecule has 0 aromatic rings. The predicted molar refractivity (Wildman–Crippen MR) is 354 cm³/mol. The molecule has 0 saturated carbocycles. The highest BCUT2D eigenvalue weighted by Crippen LogP contribution is 2.45. The van der Waals surface area contributed by atoms with E-state index in [1.807, 2.05) is 0 Å². The molecule has 17 nitrogen and oxygen atoms in total. The van der Waals surface area contributed by atoms with Crippen LogP contribution >= 0.6 is 15.6 Å². The van der Waals surface area contributed by atoms with Gasteiger partial charge in [0.25, 0.3) is 0 Å². The largest absolute Gasteiger partial charge is 0.472 e. The smallest absolute Gasteiger partial charge is 0.462 e. The second-order valence-corrected chi connectivity index (χ2v) is 28.8. The lowest BCUT2D eigenvalue weighted by atomic mass is 10.0. The van der Waals surface area contributed by atoms with Crippen molar-refractivity contribution in [2.45, 2.75) is 368 Å². The Bertz CT molecular complexity index is 1720. The van der Waals surface area contributed by atoms with Crippen LogP contribution in [0.4, 0.5) is 0 Å². The number of aliphatic hydroxyl groups excluding tert-OH is 1. The van der Waals surface area contributed by atoms with Gasteiger partial charge in [0.1, 0.15) is 19.3 Å². The SMILES string of the molecule is CCCCCCCCCCCCCCCCCCCCCC(=O)O[C@H](COC(=O)CCCCCCCCCCCCC(C)C)COP(=O)(O)OC[C@@H](O)COP(=O)(O)OC[C@@H](COC(=O)CCCCCCC)OC(=O)CCCCCCCCCCC(C)C. The third-order valence-corrected chi connectivity index (χ3v) is 17.9. The highest BCUT2D eigenvalue weighted by molar-refractivity contribution is 7.47. The molecule has 0 bridgehead atoms. The molecule has 3 N–H and O–H groups in total. The Hall–Kier alpha value is -1.94. The fourth-order valence-corrected chi connectivity index (χ4v) is 12.0. The number of unbranched alkanes of at least 4 members (excludes halogenated alkanes) is 38. The minimum Gasteiger partial charge on any atom is -0.462 e. The van der Waals surface area contributed by atoms with Gasteiger partial charge in [0.05, 0.1) is 26.4 Å². The lowest BCUT2D eigenvalue weighted by Gasteiger charge is -2.21. The number of esters is 4. The Kier molecular flexibility index (Phi) is 59.9. The monoisotopic (exact) mass is 1300 g/mol. The molecule has 5 atom stereocenters. The van der Waals surface area contributed by atoms with Crippen molar-refractivity contribution in [2.24, 2.45) is 11.8 Å². The molecule has 0 aliphatic rings. The average Bonchev–Trinajstić information content (AvgIpc) is 3.53. The third kappa shape index (κ3) is 62.8. The van der Waals surface area contributed by atoms with Crippen molar-refractivity contribution in [3.8, 4) is 0 Å². The Morgan fingerprint density at radius 3 is 0.773 bits per heavy atom. The molecule has 0 fully saturated rings. The molecular formula is C69H134O17P2. The van der Waals surface area contributed by atoms with Crippen LogP contribution in [-0.4, -0.2) is 96.7 Å². The van der Waals surface area contributed by atoms with Gasteiger partial charge in [-0.1, -0.05) is 298 Å². The summed E-state index contributed by atoms with van der Waals surface area (Å²) in [4.78, 5) is 72.2. The molecule has 0 aromatic carbocycles. The maximum atomic E-state index is 13.0. The van der Waals surface area contributed by atoms with Crippen LogP contribution < -0.4 is 0 Å². The summed E-state index contributed by atoms with van der Waals surface area (Å²) in [6.45, 7) is 9.40. The van der Waals surface area contributed by atoms with Crippen LogP contribution in [0.25, 0.3) is 0 Å². The lowest BCUT2D eigenvalue weighted by molar-refractivity contribution is -0.161. The first-order valence-corrected chi connectivity index (χ1v) is 39.0. The van der Waals surface area contributed by atoms with Crippen LogP contribution in [0.1, 0.15) is 350 Å². The van der Waals surface area contributed by atoms with Crippen molar-refractivity contribution in [1.82, 2.24) is 0 Å². The second-order valence-electron chi connectivity index (χ2n) is 25.9. The number of phosphoric ester groups is 2. The number of hydrogen-bond donors (Lipinski definition) is 3. The molecule has 88 heavy (non-hydrogen) atoms. The number of rotatable bonds is 68. The Balaban J connectivity index is 5.14. The first-order valence-electron chi connectivity index (χ1n) is 36.0. The maximum absolute atomic E-state index is 13.0. The second kappa shape index (κ2) is 61.3. The van der Waals surface area contributed by atoms with Crippen LogP contribution in [0.3, 0.4) is 0 Å². The fraction of sp³-hybridized carbons (Fsp3) is 0.942. The Labute approximate surface area is 537 Å². The molecule has 0 spiro atoms. The van der Waals surface area contributed by atoms with Crippen molar-refractivity contribution < 1.29 is 80.2 Å². The van der Waals surface area contributed by atoms with Crippen LogP contribution in [0, 0.1) is 11.8 Å². The normalized spacial score (nSPS) is 14.2. The van der Waals surface area contributed by atoms with E-state index in [9.17, 15) is 43.2 Å². The van der Waals surface area contributed by atoms with Crippen LogP contribution in [-0.2, 0) is 65.4 Å². The molecule has 0 amide bonds. The number of carbonyl (C=O) groups excluding carboxylic acids is 4. The van der Waals surface area contributed by atoms with Crippen molar-refractivity contribution in [2.75, 3.05) is 39.6 Å². The van der Waals surface area contributed by atoms with Gasteiger partial charge in [0.2, 0.25) is 0 Å². The molecule has 0 radical (unpaired) electrons. The highest BCUT2D eigenvalue weighted by Gasteiger charge is 2.30. The summed E-state index contributed by atoms with van der Waals surface area (Å²) in [5.74, 6) is -0.662. The van der Waals surface area contributed by atoms with Crippen molar-refractivity contribution in [3.05, 3.63) is 0 Å². The van der Waals surface area contributed by atoms with E-state index in [4.69, 9.17) is 37.0 Å². The summed E-state index contributed by atoms with van der Waals surface area (Å²) in [5, 5.41) is 10.5. The van der Waals surface area contributed by atoms with E-state index in [0.29, 0.717) is 25.7 Å². The average molecular weight is 1300 g/mol. The van der Waals surface area contributed by atoms with Crippen LogP contribution in [0.2, 0.25) is 0 Å². The molecule has 0 aliphatic heterocycles. The van der Waals surface area contributed by atoms with Crippen molar-refractivity contribution in [1.29, 1.82) is 0 Å². The third-order valence-electron chi connectivity index (χ3n) is 16.0. The minimum absolute atomic E-state index is 0.104. The predicted octanol–water partition coefficient (Wildman–Crippen LogP) is 19.6. The van der Waals surface area contributed by atoms with E-state index in [2.05, 4.69) is 41.5 Å². The Morgan fingerprint density at radius 1 is 0.307 bits per heavy atom. The van der Waals surface area contributed by atoms with Gasteiger partial charge in [0.15, 0.2) is 12.2 Å². The van der Waals surface area contributed by atoms with Crippen LogP contribution in [0.5, 0.6) is 0 Å². The number of ether oxygens (including phenoxy) is 4. The highest BCUT2D eigenvalue weighted by atomic mass is 31.2. The molecule has 522 valence electrons. The van der Waals surface area contributed by atoms with E-state index in [1.54, 1.807) is 0 Å². The van der Waals surface area contributed by atoms with Gasteiger partial charge in [-0.2, -0.15) is 0 Å². The fourth-order valence-electron chi connectivity index (χ4n) is 10.4. The van der Waals surface area contributed by atoms with E-state index in [-0.39, 0.29) is 25.7 Å². The molecule has 2 unspecified atom stereocenters. The van der Waals surface area contributed by atoms with Crippen molar-refractivity contribution >= 4 is 39.5 Å². The van der Waals surface area contributed by atoms with E-state index < -0.39 is 97.5 Å². The Morgan fingerprint density at radius 2 is 0.523 bits per heavy atom. The first kappa shape index (κ1) is 86.1. The number of aliphatic hydroxyl groups is 1. The molecule has 0 heterocycles. The summed E-state index contributed by atoms with van der Waals surface area (Å²) >= 11 is 0. The summed E-state index contributed by atoms with van der Waals surface area (Å²) < 4.78 is 68.0. The lowest BCUT2D eigenvalue weighted by Crippen LogP contribution is -2.30. The van der Waals surface area contributed by atoms with E-state index in [1.165, 1.54) is 161 Å². The van der Waals surface area contributed by atoms with Gasteiger partial charge in [-0.3, -0.25) is 37.3 Å². The zero-order valence-corrected chi connectivity index (χ0v) is 58.8. The summed E-state index contributed by atoms with van der Waals surface area (Å²) in [6.07, 6.45) is 46.3. The molecule has 0 aromatic heterocycles. The maximum Gasteiger partial charge on any atom is 0.472 e. The van der Waals surface area contributed by atoms with Gasteiger partial charge < -0.3 is 33.8 Å². The number of carbonyl (C=O) groups is 4. The summed E-state index contributed by atoms with van der Waals surface area (Å²) in [7, 11) is -9.89. The van der Waals surface area contributed by atoms with Gasteiger partial charge >= 0.3 is 39.5 Å². The quantitative estimate of drug-likeness (QED) is 0.0222. The van der Waals surface area contributed by atoms with E-state index >= 15 is 0 Å². The molecule has 19 heteroatoms. The topological polar surface area (TPSA) is 237 Å². The summed E-state index contributed by atoms with van der Waals surface area (Å²) in [5.41, 5.74) is 0. The van der Waals surface area contributed by atoms with Crippen LogP contribution in [0.15, 0.2) is 0 Å². The molecule has 0 saturated heterocycles. The summed E-state index contributed by atoms with van der Waals surface area (Å²) in [6, 6.07) is 0. The standard InChI is InChI=1S/C69H134O17P2/c1-7-9-11-13-14-15-16-17-18-19-20-21-22-23-24-29-35-41-47-53-68(73)86-65(58-80-67(72)52-46-40-34-28-26-25-27-32-38-43-49-61(3)4)60-84-88(77,78)82-56-63(70)55-81-87(75,76)83-59-64(57-79-66(71)51-45-37-12-10-8-2)85-69(74)54-48-42-36-31-30-33-39-44-50-62(5)6/h61-65,70H,7-60H2,1-6H3,(H,75,76)(H,77,78)/t63-,64+,65+/m0/s1. The molecular weight excluding hydrogens is 1160 g/mol. The minimum atomic E-state index is -4.95. The first-order chi connectivity index (χ1) is 42.4. The number of phosphoric acid groups is 2. The zero-order chi connectivity index (χ0) is 65.0. The van der Waals surface area contributed by atoms with Gasteiger partial charge in [0, 0.05) is 25.7 Å².